The van der Waals surface area contributed by atoms with Gasteiger partial charge in [0.2, 0.25) is 11.8 Å². The summed E-state index contributed by atoms with van der Waals surface area (Å²) in [5.74, 6) is -5.25. The number of benzene rings is 4. The molecule has 39 nitrogen and oxygen atoms in total. The lowest BCUT2D eigenvalue weighted by Gasteiger charge is -2.49. The molecule has 0 bridgehead atoms. The number of phosphoric ester groups is 2. The fraction of sp³-hybridized carbons (Fsp3) is 0.696. The summed E-state index contributed by atoms with van der Waals surface area (Å²) in [6, 6.07) is 28.3. The molecule has 2 amide bonds. The molecule has 10 rings (SSSR count). The minimum Gasteiger partial charge on any atom is -0.462 e. The van der Waals surface area contributed by atoms with Gasteiger partial charge in [0, 0.05) is 53.8 Å². The van der Waals surface area contributed by atoms with Gasteiger partial charge in [0.25, 0.3) is 0 Å². The van der Waals surface area contributed by atoms with Crippen LogP contribution in [0.2, 0.25) is 36.3 Å². The van der Waals surface area contributed by atoms with E-state index in [2.05, 4.69) is 72.2 Å². The van der Waals surface area contributed by atoms with Gasteiger partial charge in [0.05, 0.1) is 91.1 Å². The largest absolute Gasteiger partial charge is 0.475 e. The van der Waals surface area contributed by atoms with Crippen molar-refractivity contribution in [1.82, 2.24) is 10.6 Å². The first-order valence-corrected chi connectivity index (χ1v) is 59.5. The van der Waals surface area contributed by atoms with E-state index in [-0.39, 0.29) is 139 Å². The van der Waals surface area contributed by atoms with E-state index >= 15 is 0 Å². The molecule has 145 heavy (non-hydrogen) atoms. The second kappa shape index (κ2) is 56.7. The summed E-state index contributed by atoms with van der Waals surface area (Å²) in [6.07, 6.45) is -16.8. The highest BCUT2D eigenvalue weighted by molar-refractivity contribution is 7.48. The minimum atomic E-state index is -4.55. The Hall–Kier alpha value is -8.00. The van der Waals surface area contributed by atoms with E-state index in [0.717, 1.165) is 46.2 Å². The van der Waals surface area contributed by atoms with Crippen LogP contribution < -0.4 is 10.6 Å². The average molecular weight is 2110 g/mol. The van der Waals surface area contributed by atoms with E-state index in [9.17, 15) is 58.9 Å². The number of carbonyl (C=O) groups is 7. The zero-order valence-corrected chi connectivity index (χ0v) is 91.9. The number of ether oxygens (including phenoxy) is 13. The second-order valence-electron chi connectivity index (χ2n) is 41.2. The molecule has 4 fully saturated rings. The van der Waals surface area contributed by atoms with Crippen LogP contribution in [0.5, 0.6) is 0 Å². The molecule has 0 saturated carbocycles. The van der Waals surface area contributed by atoms with Crippen molar-refractivity contribution >= 4 is 73.9 Å². The van der Waals surface area contributed by atoms with E-state index < -0.39 is 208 Å². The van der Waals surface area contributed by atoms with E-state index in [0.29, 0.717) is 19.3 Å². The number of rotatable bonds is 48. The number of nitrogens with zero attached hydrogens (tertiary/aromatic N) is 6. The molecule has 6 aliphatic heterocycles. The van der Waals surface area contributed by atoms with Gasteiger partial charge in [-0.05, 0) is 111 Å². The Morgan fingerprint density at radius 2 is 0.759 bits per heavy atom. The molecule has 0 radical (unpaired) electrons. The van der Waals surface area contributed by atoms with Gasteiger partial charge in [-0.15, -0.1) is 0 Å². The van der Waals surface area contributed by atoms with Crippen molar-refractivity contribution in [1.29, 1.82) is 0 Å². The van der Waals surface area contributed by atoms with Gasteiger partial charge in [0.1, 0.15) is 79.1 Å². The zero-order valence-electron chi connectivity index (χ0n) is 88.2. The lowest BCUT2D eigenvalue weighted by molar-refractivity contribution is -0.292. The molecule has 3 N–H and O–H groups in total. The Morgan fingerprint density at radius 1 is 0.434 bits per heavy atom. The number of fused-ring (bicyclic) bond motifs is 2. The van der Waals surface area contributed by atoms with Gasteiger partial charge >= 0.3 is 45.5 Å². The van der Waals surface area contributed by atoms with Gasteiger partial charge in [-0.25, -0.2) is 9.13 Å². The van der Waals surface area contributed by atoms with Crippen molar-refractivity contribution in [3.63, 3.8) is 0 Å². The quantitative estimate of drug-likeness (QED) is 0.00703. The number of esters is 5. The van der Waals surface area contributed by atoms with E-state index in [4.69, 9.17) is 97.6 Å². The Morgan fingerprint density at radius 3 is 1.10 bits per heavy atom. The number of hydrogen-bond acceptors (Lipinski definition) is 33. The summed E-state index contributed by atoms with van der Waals surface area (Å²) in [6.45, 7) is 41.2. The molecule has 43 heteroatoms. The summed E-state index contributed by atoms with van der Waals surface area (Å²) >= 11 is 0. The molecule has 0 aliphatic carbocycles. The Kier molecular flexibility index (Phi) is 47.2. The van der Waals surface area contributed by atoms with Crippen LogP contribution in [0.25, 0.3) is 20.9 Å². The SMILES string of the molecule is CCC(=O)O[C@H](CC)CC(=O)NC1[C@H](OCC2OC(O[Si](C)(C)C(C)(C)C)C(N=[N+]=[N-])[C@@H](OC(=O)C[C@H](C)CC)[C@@H]2C)OC(COCc2ccccc2)[C@@H](OP2(=O)OCc3ccccc3CO2)[C@@H]1O.CCC(=O)O[C@H](CC)CC(=O)NC1[C@H](OCC2OC(O[Si](C)(C)C(C)(C)C)C(N=[N+]=[N-])[C@@H](OC(=O)C[C@H](C)CC)[C@@H]2C)OC(COCc2ccccc2)[C@@H](OP2(=O)OCc3ccccc3CO2)[C@@H]1OC(=O)C[C@H](C)CC. The lowest BCUT2D eigenvalue weighted by atomic mass is 9.89. The molecule has 6 aliphatic rings. The average Bonchev–Trinajstić information content (AvgIpc) is 1.66. The smallest absolute Gasteiger partial charge is 0.462 e. The maximum absolute atomic E-state index is 14.9. The number of phosphoric acid groups is 2. The maximum atomic E-state index is 14.9. The zero-order chi connectivity index (χ0) is 106. The molecule has 4 aromatic rings. The Labute approximate surface area is 855 Å². The third kappa shape index (κ3) is 35.6. The topological polar surface area (TPSA) is 489 Å². The molecule has 6 heterocycles. The van der Waals surface area contributed by atoms with Crippen LogP contribution in [0.3, 0.4) is 0 Å². The molecule has 808 valence electrons. The van der Waals surface area contributed by atoms with Crippen LogP contribution in [-0.2, 0) is 180 Å². The fourth-order valence-corrected chi connectivity index (χ4v) is 21.1. The summed E-state index contributed by atoms with van der Waals surface area (Å²) < 4.78 is 161. The van der Waals surface area contributed by atoms with Crippen LogP contribution >= 0.6 is 15.6 Å². The van der Waals surface area contributed by atoms with Gasteiger partial charge < -0.3 is 86.2 Å². The number of hydrogen-bond donors (Lipinski definition) is 3. The molecule has 4 aromatic carbocycles. The molecule has 25 atom stereocenters. The van der Waals surface area contributed by atoms with E-state index in [1.807, 2.05) is 177 Å². The molecular formula is C102H156N8O31P2Si2. The van der Waals surface area contributed by atoms with E-state index in [1.54, 1.807) is 41.5 Å². The highest BCUT2D eigenvalue weighted by Gasteiger charge is 2.58. The van der Waals surface area contributed by atoms with Crippen LogP contribution in [0.1, 0.15) is 235 Å². The molecule has 4 saturated heterocycles. The Balaban J connectivity index is 0.000000324. The number of aliphatic hydroxyl groups is 1. The number of nitrogens with one attached hydrogen (secondary N) is 2. The van der Waals surface area contributed by atoms with Gasteiger partial charge in [0.15, 0.2) is 47.9 Å². The van der Waals surface area contributed by atoms with Crippen molar-refractivity contribution in [2.45, 2.75) is 400 Å². The summed E-state index contributed by atoms with van der Waals surface area (Å²) in [4.78, 5) is 101. The first-order valence-electron chi connectivity index (χ1n) is 50.8. The first kappa shape index (κ1) is 121. The maximum Gasteiger partial charge on any atom is 0.475 e. The monoisotopic (exact) mass is 2110 g/mol. The normalized spacial score (nSPS) is 27.3. The summed E-state index contributed by atoms with van der Waals surface area (Å²) in [5, 5.41) is 25.8. The van der Waals surface area contributed by atoms with Crippen molar-refractivity contribution in [3.05, 3.63) is 163 Å². The number of azide groups is 2. The van der Waals surface area contributed by atoms with Crippen LogP contribution in [-0.4, -0.2) is 212 Å². The highest BCUT2D eigenvalue weighted by Crippen LogP contribution is 2.57. The molecular weight excluding hydrogens is 1950 g/mol. The van der Waals surface area contributed by atoms with Crippen molar-refractivity contribution < 1.29 is 145 Å². The van der Waals surface area contributed by atoms with Gasteiger partial charge in [-0.3, -0.25) is 60.7 Å². The van der Waals surface area contributed by atoms with Crippen molar-refractivity contribution in [3.8, 4) is 0 Å². The lowest BCUT2D eigenvalue weighted by Crippen LogP contribution is -2.67. The van der Waals surface area contributed by atoms with E-state index in [1.165, 1.54) is 0 Å². The first-order chi connectivity index (χ1) is 68.7. The summed E-state index contributed by atoms with van der Waals surface area (Å²) in [7, 11) is -14.3. The standard InChI is InChI=1S/C54H83N4O16PSi.C48H73N4O15PSi/c1-13-34(5)26-45(61)71-49-36(7)41(69-53(48(49)57-58-55)74-76(11,12)54(8,9)10)33-65-52-47(56-43(59)28-40(15-3)68-44(60)16-4)51(72-46(62)27-35(6)14-2)50(42(70-52)32-64-29-37-22-18-17-19-23-37)73-75(63)66-30-38-24-20-21-25-39(38)31-67-75;1-11-30(4)23-40(55)65-44-31(5)36(63-47(42(44)51-52-49)67-69(9,10)48(6,7)8)29-59-46-41(50-38(53)24-35(12-2)62-39(54)13-3)43(56)45(37(64-46)28-58-25-32-19-15-14-16-20-32)66-68(57)60-26-33-21-17-18-22-34(33)27-61-68/h17-25,34-36,40-42,47-53H,13-16,26-33H2,1-12H3,(H,56,59);14-22,30-31,35-37,41-47,56H,11-13,23-29H2,1-10H3,(H,50,53)/t34-,35-,36-,40-,41?,42?,47?,48?,49+,50-,51-,52-,53?;30-,31-,35-,36?,37?,41?,42?,43-,44+,45-,46-,47?/m11/s1. The van der Waals surface area contributed by atoms with Crippen LogP contribution in [0.4, 0.5) is 0 Å². The molecule has 10 unspecified atom stereocenters. The Bertz CT molecular complexity index is 4940. The van der Waals surface area contributed by atoms with Crippen molar-refractivity contribution in [2.75, 3.05) is 26.4 Å². The highest BCUT2D eigenvalue weighted by atomic mass is 31.2. The molecule has 0 spiro atoms. The summed E-state index contributed by atoms with van der Waals surface area (Å²) in [5.41, 5.74) is 24.3. The van der Waals surface area contributed by atoms with Gasteiger partial charge in [-0.1, -0.05) is 263 Å². The predicted octanol–water partition coefficient (Wildman–Crippen LogP) is 19.1. The minimum absolute atomic E-state index is 0.0149. The van der Waals surface area contributed by atoms with Gasteiger partial charge in [-0.2, -0.15) is 0 Å². The van der Waals surface area contributed by atoms with Crippen LogP contribution in [0.15, 0.2) is 119 Å². The third-order valence-electron chi connectivity index (χ3n) is 28.1. The molecule has 0 aromatic heterocycles. The number of carbonyl (C=O) groups excluding carboxylic acids is 7. The van der Waals surface area contributed by atoms with Crippen molar-refractivity contribution in [2.24, 2.45) is 39.8 Å². The predicted molar refractivity (Wildman–Crippen MR) is 538 cm³/mol. The number of amides is 2. The fourth-order valence-electron chi connectivity index (χ4n) is 16.2. The second-order valence-corrected chi connectivity index (χ2v) is 54.0. The number of aliphatic hydroxyl groups excluding tert-OH is 1. The van der Waals surface area contributed by atoms with Crippen LogP contribution in [0, 0.1) is 29.6 Å². The third-order valence-corrected chi connectivity index (χ3v) is 39.7.